The molecule has 3 nitrogen and oxygen atoms in total. The van der Waals surface area contributed by atoms with Crippen molar-refractivity contribution < 1.29 is 10.3 Å². The maximum atomic E-state index is 10.1. The maximum Gasteiger partial charge on any atom is 0.0745 e. The highest BCUT2D eigenvalue weighted by Crippen LogP contribution is 2.29. The summed E-state index contributed by atoms with van der Waals surface area (Å²) in [4.78, 5) is 0. The Kier molecular flexibility index (Phi) is 7.10. The quantitative estimate of drug-likeness (QED) is 0.331. The van der Waals surface area contributed by atoms with E-state index in [1.165, 1.54) is 0 Å². The summed E-state index contributed by atoms with van der Waals surface area (Å²) in [5.74, 6) is 1.69. The van der Waals surface area contributed by atoms with E-state index < -0.39 is 5.60 Å². The molecule has 1 rings (SSSR count). The van der Waals surface area contributed by atoms with Gasteiger partial charge in [0.05, 0.1) is 11.3 Å². The van der Waals surface area contributed by atoms with Crippen LogP contribution in [0.3, 0.4) is 0 Å². The molecule has 0 aliphatic rings. The number of hydrogen-bond donors (Lipinski definition) is 2. The van der Waals surface area contributed by atoms with Gasteiger partial charge in [0.25, 0.3) is 0 Å². The lowest BCUT2D eigenvalue weighted by Gasteiger charge is -2.26. The molecule has 0 aromatic heterocycles. The van der Waals surface area contributed by atoms with Gasteiger partial charge in [-0.2, -0.15) is 11.8 Å². The van der Waals surface area contributed by atoms with Gasteiger partial charge < -0.3 is 10.3 Å². The van der Waals surface area contributed by atoms with Crippen molar-refractivity contribution >= 4 is 17.5 Å². The fourth-order valence-electron chi connectivity index (χ4n) is 2.13. The van der Waals surface area contributed by atoms with Gasteiger partial charge in [-0.25, -0.2) is 0 Å². The van der Waals surface area contributed by atoms with Crippen LogP contribution in [0.4, 0.5) is 0 Å². The molecular formula is C16H25NO2S. The Hall–Kier alpha value is -1.00. The Labute approximate surface area is 126 Å². The second kappa shape index (κ2) is 8.32. The van der Waals surface area contributed by atoms with Crippen LogP contribution in [-0.2, 0) is 0 Å². The monoisotopic (exact) mass is 295 g/mol. The van der Waals surface area contributed by atoms with Crippen LogP contribution in [-0.4, -0.2) is 33.1 Å². The van der Waals surface area contributed by atoms with Crippen LogP contribution in [0.5, 0.6) is 0 Å². The van der Waals surface area contributed by atoms with Gasteiger partial charge in [-0.15, -0.1) is 0 Å². The van der Waals surface area contributed by atoms with E-state index in [4.69, 9.17) is 0 Å². The van der Waals surface area contributed by atoms with Gasteiger partial charge in [0, 0.05) is 11.7 Å². The van der Waals surface area contributed by atoms with Gasteiger partial charge in [0.15, 0.2) is 0 Å². The number of nitrogens with zero attached hydrogens (tertiary/aromatic N) is 1. The van der Waals surface area contributed by atoms with Crippen molar-refractivity contribution in [3.05, 3.63) is 35.9 Å². The lowest BCUT2D eigenvalue weighted by molar-refractivity contribution is 0.0685. The summed E-state index contributed by atoms with van der Waals surface area (Å²) in [7, 11) is 0. The number of hydrogen-bond acceptors (Lipinski definition) is 4. The molecule has 1 aromatic carbocycles. The van der Waals surface area contributed by atoms with Gasteiger partial charge in [-0.3, -0.25) is 0 Å². The molecule has 1 aromatic rings. The Morgan fingerprint density at radius 3 is 2.45 bits per heavy atom. The van der Waals surface area contributed by atoms with E-state index in [0.717, 1.165) is 23.4 Å². The van der Waals surface area contributed by atoms with Crippen molar-refractivity contribution in [1.29, 1.82) is 0 Å². The van der Waals surface area contributed by atoms with Gasteiger partial charge >= 0.3 is 0 Å². The average molecular weight is 295 g/mol. The first-order valence-electron chi connectivity index (χ1n) is 7.04. The first-order chi connectivity index (χ1) is 9.48. The second-order valence-electron chi connectivity index (χ2n) is 5.62. The lowest BCUT2D eigenvalue weighted by atomic mass is 9.85. The Morgan fingerprint density at radius 1 is 1.30 bits per heavy atom. The largest absolute Gasteiger partial charge is 0.411 e. The van der Waals surface area contributed by atoms with Crippen molar-refractivity contribution in [3.63, 3.8) is 0 Å². The zero-order valence-corrected chi connectivity index (χ0v) is 13.4. The maximum absolute atomic E-state index is 10.1. The SMILES string of the molecule is CCCSC/C(=N\O)C(CC(C)(C)O)c1ccccc1. The minimum Gasteiger partial charge on any atom is -0.411 e. The molecule has 0 amide bonds. The van der Waals surface area contributed by atoms with Gasteiger partial charge in [0.1, 0.15) is 0 Å². The van der Waals surface area contributed by atoms with Gasteiger partial charge in [-0.1, -0.05) is 42.4 Å². The van der Waals surface area contributed by atoms with Crippen LogP contribution in [0.1, 0.15) is 45.1 Å². The summed E-state index contributed by atoms with van der Waals surface area (Å²) in [6, 6.07) is 9.95. The minimum absolute atomic E-state index is 0.0504. The van der Waals surface area contributed by atoms with Crippen molar-refractivity contribution in [2.45, 2.75) is 45.1 Å². The molecule has 0 aliphatic heterocycles. The summed E-state index contributed by atoms with van der Waals surface area (Å²) in [5, 5.41) is 23.0. The van der Waals surface area contributed by atoms with E-state index >= 15 is 0 Å². The number of oxime groups is 1. The van der Waals surface area contributed by atoms with Crippen LogP contribution in [0.25, 0.3) is 0 Å². The topological polar surface area (TPSA) is 52.8 Å². The molecule has 1 unspecified atom stereocenters. The summed E-state index contributed by atoms with van der Waals surface area (Å²) in [5.41, 5.74) is 1.02. The third kappa shape index (κ3) is 5.97. The van der Waals surface area contributed by atoms with Crippen molar-refractivity contribution in [1.82, 2.24) is 0 Å². The molecule has 0 bridgehead atoms. The summed E-state index contributed by atoms with van der Waals surface area (Å²) in [6.45, 7) is 5.71. The predicted molar refractivity (Wildman–Crippen MR) is 86.9 cm³/mol. The normalized spacial score (nSPS) is 14.3. The molecule has 4 heteroatoms. The second-order valence-corrected chi connectivity index (χ2v) is 6.73. The fourth-order valence-corrected chi connectivity index (χ4v) is 3.03. The fraction of sp³-hybridized carbons (Fsp3) is 0.562. The van der Waals surface area contributed by atoms with E-state index in [1.807, 2.05) is 30.3 Å². The first-order valence-corrected chi connectivity index (χ1v) is 8.19. The Bertz CT molecular complexity index is 412. The predicted octanol–water partition coefficient (Wildman–Crippen LogP) is 3.90. The molecule has 0 saturated carbocycles. The van der Waals surface area contributed by atoms with E-state index in [2.05, 4.69) is 12.1 Å². The summed E-state index contributed by atoms with van der Waals surface area (Å²) in [6.07, 6.45) is 1.65. The van der Waals surface area contributed by atoms with Crippen LogP contribution >= 0.6 is 11.8 Å². The Balaban J connectivity index is 2.91. The number of thioether (sulfide) groups is 1. The Morgan fingerprint density at radius 2 is 1.95 bits per heavy atom. The van der Waals surface area contributed by atoms with Crippen LogP contribution in [0, 0.1) is 0 Å². The highest BCUT2D eigenvalue weighted by molar-refractivity contribution is 7.99. The highest BCUT2D eigenvalue weighted by atomic mass is 32.2. The van der Waals surface area contributed by atoms with Gasteiger partial charge in [-0.05, 0) is 38.0 Å². The van der Waals surface area contributed by atoms with Gasteiger partial charge in [0.2, 0.25) is 0 Å². The number of rotatable bonds is 8. The van der Waals surface area contributed by atoms with Crippen molar-refractivity contribution in [3.8, 4) is 0 Å². The first kappa shape index (κ1) is 17.1. The molecule has 0 saturated heterocycles. The van der Waals surface area contributed by atoms with Crippen molar-refractivity contribution in [2.75, 3.05) is 11.5 Å². The summed E-state index contributed by atoms with van der Waals surface area (Å²) >= 11 is 1.76. The molecule has 20 heavy (non-hydrogen) atoms. The zero-order valence-electron chi connectivity index (χ0n) is 12.5. The van der Waals surface area contributed by atoms with Crippen LogP contribution < -0.4 is 0 Å². The van der Waals surface area contributed by atoms with Crippen LogP contribution in [0.15, 0.2) is 35.5 Å². The standard InChI is InChI=1S/C16H25NO2S/c1-4-10-20-12-15(17-19)14(11-16(2,3)18)13-8-6-5-7-9-13/h5-9,14,18-19H,4,10-12H2,1-3H3/b17-15+. The van der Waals surface area contributed by atoms with E-state index in [9.17, 15) is 10.3 Å². The number of benzene rings is 1. The van der Waals surface area contributed by atoms with Crippen molar-refractivity contribution in [2.24, 2.45) is 5.16 Å². The van der Waals surface area contributed by atoms with E-state index in [-0.39, 0.29) is 5.92 Å². The molecular weight excluding hydrogens is 270 g/mol. The minimum atomic E-state index is -0.800. The smallest absolute Gasteiger partial charge is 0.0745 e. The molecule has 0 radical (unpaired) electrons. The molecule has 0 spiro atoms. The molecule has 112 valence electrons. The molecule has 0 heterocycles. The third-order valence-electron chi connectivity index (χ3n) is 3.03. The van der Waals surface area contributed by atoms with Crippen LogP contribution in [0.2, 0.25) is 0 Å². The highest BCUT2D eigenvalue weighted by Gasteiger charge is 2.26. The average Bonchev–Trinajstić information content (AvgIpc) is 2.42. The lowest BCUT2D eigenvalue weighted by Crippen LogP contribution is -2.27. The third-order valence-corrected chi connectivity index (χ3v) is 4.23. The summed E-state index contributed by atoms with van der Waals surface area (Å²) < 4.78 is 0. The zero-order chi connectivity index (χ0) is 15.0. The van der Waals surface area contributed by atoms with E-state index in [0.29, 0.717) is 12.2 Å². The molecule has 0 fully saturated rings. The molecule has 1 atom stereocenters. The van der Waals surface area contributed by atoms with E-state index in [1.54, 1.807) is 25.6 Å². The number of aliphatic hydroxyl groups is 1. The molecule has 0 aliphatic carbocycles. The molecule has 2 N–H and O–H groups in total.